The third kappa shape index (κ3) is 4.53. The van der Waals surface area contributed by atoms with Crippen LogP contribution in [-0.2, 0) is 17.0 Å². The van der Waals surface area contributed by atoms with Crippen LogP contribution in [0.25, 0.3) is 0 Å². The molecular formula is C24H22F3N3O2. The van der Waals surface area contributed by atoms with Crippen molar-refractivity contribution in [3.63, 3.8) is 0 Å². The summed E-state index contributed by atoms with van der Waals surface area (Å²) >= 11 is 0. The molecule has 2 heterocycles. The lowest BCUT2D eigenvalue weighted by molar-refractivity contribution is -0.166. The molecule has 0 saturated carbocycles. The summed E-state index contributed by atoms with van der Waals surface area (Å²) in [6, 6.07) is 13.9. The molecule has 2 atom stereocenters. The Bertz CT molecular complexity index is 1050. The number of rotatable bonds is 6. The summed E-state index contributed by atoms with van der Waals surface area (Å²) in [5.74, 6) is 1.89. The number of carboxylic acids is 1. The van der Waals surface area contributed by atoms with E-state index in [1.54, 1.807) is 12.1 Å². The van der Waals surface area contributed by atoms with Crippen molar-refractivity contribution in [2.45, 2.75) is 37.1 Å². The number of aliphatic carboxylic acids is 1. The second-order valence-electron chi connectivity index (χ2n) is 8.42. The Morgan fingerprint density at radius 2 is 1.78 bits per heavy atom. The minimum atomic E-state index is -4.55. The van der Waals surface area contributed by atoms with Crippen molar-refractivity contribution in [2.24, 2.45) is 16.1 Å². The summed E-state index contributed by atoms with van der Waals surface area (Å²) in [5, 5.41) is 15.8. The van der Waals surface area contributed by atoms with Gasteiger partial charge in [0.05, 0.1) is 0 Å². The number of hydrogen-bond donors (Lipinski definition) is 1. The van der Waals surface area contributed by atoms with E-state index in [1.807, 2.05) is 24.3 Å². The summed E-state index contributed by atoms with van der Waals surface area (Å²) in [7, 11) is 0. The van der Waals surface area contributed by atoms with Gasteiger partial charge in [-0.1, -0.05) is 42.3 Å². The maximum absolute atomic E-state index is 13.2. The van der Waals surface area contributed by atoms with Gasteiger partial charge in [-0.25, -0.2) is 0 Å². The molecule has 0 radical (unpaired) electrons. The van der Waals surface area contributed by atoms with Crippen molar-refractivity contribution in [3.05, 3.63) is 70.8 Å². The fourth-order valence-electron chi connectivity index (χ4n) is 4.46. The van der Waals surface area contributed by atoms with Gasteiger partial charge in [-0.2, -0.15) is 13.2 Å². The van der Waals surface area contributed by atoms with Crippen molar-refractivity contribution in [2.75, 3.05) is 13.1 Å². The van der Waals surface area contributed by atoms with Gasteiger partial charge in [0.1, 0.15) is 0 Å². The Morgan fingerprint density at radius 3 is 2.31 bits per heavy atom. The highest BCUT2D eigenvalue weighted by Gasteiger charge is 2.65. The van der Waals surface area contributed by atoms with E-state index in [1.165, 1.54) is 12.1 Å². The Hall–Kier alpha value is -3.18. The van der Waals surface area contributed by atoms with E-state index in [2.05, 4.69) is 21.0 Å². The molecular weight excluding hydrogens is 419 g/mol. The minimum absolute atomic E-state index is 0.00243. The number of hydrogen-bond acceptors (Lipinski definition) is 4. The van der Waals surface area contributed by atoms with Crippen LogP contribution in [0.4, 0.5) is 13.2 Å². The molecule has 166 valence electrons. The Morgan fingerprint density at radius 1 is 1.12 bits per heavy atom. The first-order chi connectivity index (χ1) is 15.2. The second-order valence-corrected chi connectivity index (χ2v) is 8.42. The maximum atomic E-state index is 13.2. The van der Waals surface area contributed by atoms with E-state index in [-0.39, 0.29) is 23.8 Å². The first-order valence-corrected chi connectivity index (χ1v) is 10.3. The summed E-state index contributed by atoms with van der Waals surface area (Å²) in [6.07, 6.45) is 1.72. The summed E-state index contributed by atoms with van der Waals surface area (Å²) in [6.45, 7) is 1.86. The number of terminal acetylenes is 1. The van der Waals surface area contributed by atoms with Crippen molar-refractivity contribution < 1.29 is 23.1 Å². The summed E-state index contributed by atoms with van der Waals surface area (Å²) in [5.41, 5.74) is 0.323. The fourth-order valence-corrected chi connectivity index (χ4v) is 4.46. The molecule has 0 bridgehead atoms. The SMILES string of the molecule is C#Cc1ccc([C@@H]2C[C@@H](CC(=O)O)CN(Cc3ccc(C4(C(F)(F)F)N=N4)cc3)C2)cc1. The van der Waals surface area contributed by atoms with E-state index < -0.39 is 17.8 Å². The third-order valence-corrected chi connectivity index (χ3v) is 6.08. The molecule has 0 amide bonds. The average molecular weight is 441 g/mol. The highest BCUT2D eigenvalue weighted by molar-refractivity contribution is 5.67. The van der Waals surface area contributed by atoms with Crippen LogP contribution in [0.15, 0.2) is 58.8 Å². The van der Waals surface area contributed by atoms with Crippen molar-refractivity contribution in [1.82, 2.24) is 4.90 Å². The monoisotopic (exact) mass is 441 g/mol. The van der Waals surface area contributed by atoms with E-state index in [4.69, 9.17) is 6.42 Å². The number of nitrogens with zero attached hydrogens (tertiary/aromatic N) is 3. The maximum Gasteiger partial charge on any atom is 0.442 e. The number of halogens is 3. The van der Waals surface area contributed by atoms with Crippen LogP contribution in [0.2, 0.25) is 0 Å². The zero-order valence-corrected chi connectivity index (χ0v) is 17.2. The summed E-state index contributed by atoms with van der Waals surface area (Å²) < 4.78 is 39.6. The molecule has 0 aromatic heterocycles. The van der Waals surface area contributed by atoms with Crippen LogP contribution in [-0.4, -0.2) is 35.2 Å². The summed E-state index contributed by atoms with van der Waals surface area (Å²) in [4.78, 5) is 13.5. The molecule has 2 aromatic rings. The predicted molar refractivity (Wildman–Crippen MR) is 112 cm³/mol. The predicted octanol–water partition coefficient (Wildman–Crippen LogP) is 4.93. The van der Waals surface area contributed by atoms with Crippen LogP contribution >= 0.6 is 0 Å². The van der Waals surface area contributed by atoms with Crippen LogP contribution in [0.5, 0.6) is 0 Å². The van der Waals surface area contributed by atoms with Crippen LogP contribution in [0.3, 0.4) is 0 Å². The highest BCUT2D eigenvalue weighted by atomic mass is 19.4. The number of likely N-dealkylation sites (tertiary alicyclic amines) is 1. The van der Waals surface area contributed by atoms with Gasteiger partial charge in [0.2, 0.25) is 0 Å². The average Bonchev–Trinajstić information content (AvgIpc) is 3.56. The lowest BCUT2D eigenvalue weighted by Crippen LogP contribution is -2.39. The standard InChI is InChI=1S/C24H22F3N3O2/c1-2-16-3-7-19(8-4-16)20-11-18(12-22(31)32)14-30(15-20)13-17-5-9-21(10-6-17)23(28-29-23)24(25,26)27/h1,3-10,18,20H,11-15H2,(H,31,32)/t18-,20+/m0/s1. The topological polar surface area (TPSA) is 65.3 Å². The van der Waals surface area contributed by atoms with Crippen molar-refractivity contribution >= 4 is 5.97 Å². The molecule has 0 unspecified atom stereocenters. The molecule has 0 spiro atoms. The molecule has 8 heteroatoms. The lowest BCUT2D eigenvalue weighted by Gasteiger charge is -2.37. The van der Waals surface area contributed by atoms with Crippen LogP contribution in [0.1, 0.15) is 41.0 Å². The van der Waals surface area contributed by atoms with E-state index in [0.29, 0.717) is 13.1 Å². The zero-order chi connectivity index (χ0) is 22.9. The lowest BCUT2D eigenvalue weighted by atomic mass is 9.82. The molecule has 2 aliphatic heterocycles. The van der Waals surface area contributed by atoms with Crippen molar-refractivity contribution in [3.8, 4) is 12.3 Å². The van der Waals surface area contributed by atoms with Crippen LogP contribution < -0.4 is 0 Å². The van der Waals surface area contributed by atoms with Gasteiger partial charge in [-0.05, 0) is 41.5 Å². The smallest absolute Gasteiger partial charge is 0.442 e. The third-order valence-electron chi connectivity index (χ3n) is 6.08. The van der Waals surface area contributed by atoms with E-state index in [9.17, 15) is 23.1 Å². The number of piperidine rings is 1. The second kappa shape index (κ2) is 8.40. The minimum Gasteiger partial charge on any atom is -0.481 e. The highest BCUT2D eigenvalue weighted by Crippen LogP contribution is 2.52. The Balaban J connectivity index is 1.49. The molecule has 1 saturated heterocycles. The van der Waals surface area contributed by atoms with Gasteiger partial charge in [-0.3, -0.25) is 9.69 Å². The molecule has 2 aliphatic rings. The first-order valence-electron chi connectivity index (χ1n) is 10.3. The van der Waals surface area contributed by atoms with Crippen LogP contribution in [0, 0.1) is 18.3 Å². The van der Waals surface area contributed by atoms with Gasteiger partial charge < -0.3 is 5.11 Å². The number of carboxylic acid groups (broad SMARTS) is 1. The van der Waals surface area contributed by atoms with Gasteiger partial charge in [0, 0.05) is 37.2 Å². The molecule has 1 N–H and O–H groups in total. The first kappa shape index (κ1) is 22.0. The Labute approximate surface area is 184 Å². The molecule has 2 aromatic carbocycles. The van der Waals surface area contributed by atoms with Gasteiger partial charge in [-0.15, -0.1) is 16.7 Å². The quantitative estimate of drug-likeness (QED) is 0.647. The number of alkyl halides is 3. The van der Waals surface area contributed by atoms with Gasteiger partial charge in [0.15, 0.2) is 0 Å². The van der Waals surface area contributed by atoms with Gasteiger partial charge in [0.25, 0.3) is 0 Å². The number of carbonyl (C=O) groups is 1. The molecule has 5 nitrogen and oxygen atoms in total. The molecule has 32 heavy (non-hydrogen) atoms. The van der Waals surface area contributed by atoms with E-state index in [0.717, 1.165) is 29.7 Å². The van der Waals surface area contributed by atoms with E-state index >= 15 is 0 Å². The molecule has 0 aliphatic carbocycles. The fraction of sp³-hybridized carbons (Fsp3) is 0.375. The zero-order valence-electron chi connectivity index (χ0n) is 17.2. The normalized spacial score (nSPS) is 22.3. The largest absolute Gasteiger partial charge is 0.481 e. The van der Waals surface area contributed by atoms with Crippen molar-refractivity contribution in [1.29, 1.82) is 0 Å². The van der Waals surface area contributed by atoms with Gasteiger partial charge >= 0.3 is 17.8 Å². The molecule has 1 fully saturated rings. The Kier molecular flexibility index (Phi) is 5.78. The number of benzene rings is 2. The molecule has 4 rings (SSSR count).